The lowest BCUT2D eigenvalue weighted by atomic mass is 10.2. The molecule has 0 radical (unpaired) electrons. The molecule has 3 nitrogen and oxygen atoms in total. The van der Waals surface area contributed by atoms with Crippen molar-refractivity contribution < 1.29 is 4.73 Å². The zero-order chi connectivity index (χ0) is 11.0. The first-order valence-electron chi connectivity index (χ1n) is 5.11. The monoisotopic (exact) mass is 210 g/mol. The molecule has 1 aromatic carbocycles. The third kappa shape index (κ3) is 1.34. The Kier molecular flexibility index (Phi) is 1.90. The van der Waals surface area contributed by atoms with Crippen LogP contribution in [0.15, 0.2) is 54.7 Å². The highest BCUT2D eigenvalue weighted by atomic mass is 16.5. The van der Waals surface area contributed by atoms with Crippen molar-refractivity contribution in [3.8, 4) is 11.3 Å². The van der Waals surface area contributed by atoms with Gasteiger partial charge in [-0.2, -0.15) is 4.73 Å². The van der Waals surface area contributed by atoms with E-state index in [1.54, 1.807) is 6.07 Å². The molecule has 0 spiro atoms. The minimum Gasteiger partial charge on any atom is -0.618 e. The van der Waals surface area contributed by atoms with Crippen LogP contribution >= 0.6 is 0 Å². The molecule has 0 amide bonds. The zero-order valence-corrected chi connectivity index (χ0v) is 8.55. The first-order chi connectivity index (χ1) is 7.84. The predicted molar refractivity (Wildman–Crippen MR) is 62.7 cm³/mol. The molecule has 3 rings (SSSR count). The van der Waals surface area contributed by atoms with Gasteiger partial charge >= 0.3 is 0 Å². The van der Waals surface area contributed by atoms with E-state index < -0.39 is 0 Å². The number of hydrogen-bond acceptors (Lipinski definition) is 1. The molecule has 0 bridgehead atoms. The van der Waals surface area contributed by atoms with Crippen molar-refractivity contribution in [3.05, 3.63) is 59.9 Å². The summed E-state index contributed by atoms with van der Waals surface area (Å²) >= 11 is 0. The lowest BCUT2D eigenvalue weighted by Crippen LogP contribution is -2.24. The van der Waals surface area contributed by atoms with Crippen molar-refractivity contribution in [2.75, 3.05) is 0 Å². The van der Waals surface area contributed by atoms with Crippen molar-refractivity contribution in [2.24, 2.45) is 0 Å². The number of fused-ring (bicyclic) bond motifs is 1. The van der Waals surface area contributed by atoms with Crippen LogP contribution in [0.1, 0.15) is 0 Å². The van der Waals surface area contributed by atoms with E-state index in [0.29, 0.717) is 5.52 Å². The van der Waals surface area contributed by atoms with Crippen molar-refractivity contribution >= 4 is 11.0 Å². The van der Waals surface area contributed by atoms with Crippen LogP contribution in [0.4, 0.5) is 0 Å². The summed E-state index contributed by atoms with van der Waals surface area (Å²) in [4.78, 5) is 3.23. The van der Waals surface area contributed by atoms with E-state index in [2.05, 4.69) is 4.98 Å². The minimum atomic E-state index is 0.668. The highest BCUT2D eigenvalue weighted by Gasteiger charge is 2.08. The Morgan fingerprint density at radius 3 is 2.56 bits per heavy atom. The van der Waals surface area contributed by atoms with E-state index in [4.69, 9.17) is 0 Å². The van der Waals surface area contributed by atoms with Gasteiger partial charge in [-0.1, -0.05) is 30.3 Å². The van der Waals surface area contributed by atoms with Gasteiger partial charge in [-0.25, -0.2) is 0 Å². The standard InChI is InChI=1S/C13H10N2O/c16-15-8-4-7-11-13(15)9-12(14-11)10-5-2-1-3-6-10/h1-9,14H. The van der Waals surface area contributed by atoms with E-state index in [1.165, 1.54) is 6.20 Å². The summed E-state index contributed by atoms with van der Waals surface area (Å²) in [6, 6.07) is 15.5. The maximum Gasteiger partial charge on any atom is 0.242 e. The summed E-state index contributed by atoms with van der Waals surface area (Å²) in [7, 11) is 0. The molecule has 0 unspecified atom stereocenters. The number of aromatic nitrogens is 2. The van der Waals surface area contributed by atoms with Crippen LogP contribution < -0.4 is 4.73 Å². The van der Waals surface area contributed by atoms with Crippen LogP contribution in [0, 0.1) is 5.21 Å². The van der Waals surface area contributed by atoms with E-state index >= 15 is 0 Å². The average Bonchev–Trinajstić information content (AvgIpc) is 2.76. The average molecular weight is 210 g/mol. The number of nitrogens with one attached hydrogen (secondary N) is 1. The molecule has 78 valence electrons. The molecule has 3 heteroatoms. The number of nitrogens with zero attached hydrogens (tertiary/aromatic N) is 1. The molecule has 0 aliphatic rings. The summed E-state index contributed by atoms with van der Waals surface area (Å²) in [5, 5.41) is 11.5. The molecule has 0 aliphatic heterocycles. The van der Waals surface area contributed by atoms with Gasteiger partial charge in [0.15, 0.2) is 6.20 Å². The molecular weight excluding hydrogens is 200 g/mol. The Hall–Kier alpha value is -2.29. The Labute approximate surface area is 92.6 Å². The number of benzene rings is 1. The molecule has 0 aliphatic carbocycles. The second kappa shape index (κ2) is 3.38. The van der Waals surface area contributed by atoms with Gasteiger partial charge in [0.25, 0.3) is 0 Å². The number of hydrogen-bond donors (Lipinski definition) is 1. The topological polar surface area (TPSA) is 42.7 Å². The molecule has 0 saturated heterocycles. The molecule has 0 atom stereocenters. The zero-order valence-electron chi connectivity index (χ0n) is 8.55. The van der Waals surface area contributed by atoms with Crippen LogP contribution in [0.2, 0.25) is 0 Å². The third-order valence-electron chi connectivity index (χ3n) is 2.63. The first-order valence-corrected chi connectivity index (χ1v) is 5.11. The maximum atomic E-state index is 11.5. The van der Waals surface area contributed by atoms with Gasteiger partial charge in [-0.3, -0.25) is 0 Å². The maximum absolute atomic E-state index is 11.5. The van der Waals surface area contributed by atoms with E-state index in [-0.39, 0.29) is 0 Å². The van der Waals surface area contributed by atoms with Gasteiger partial charge < -0.3 is 10.2 Å². The Morgan fingerprint density at radius 1 is 1.00 bits per heavy atom. The smallest absolute Gasteiger partial charge is 0.242 e. The lowest BCUT2D eigenvalue weighted by Gasteiger charge is -1.94. The van der Waals surface area contributed by atoms with Crippen LogP contribution in [-0.4, -0.2) is 4.98 Å². The Bertz CT molecular complexity index is 629. The summed E-state index contributed by atoms with van der Waals surface area (Å²) in [6.45, 7) is 0. The molecule has 0 fully saturated rings. The van der Waals surface area contributed by atoms with Crippen LogP contribution in [-0.2, 0) is 0 Å². The van der Waals surface area contributed by atoms with Crippen LogP contribution in [0.3, 0.4) is 0 Å². The largest absolute Gasteiger partial charge is 0.618 e. The molecule has 16 heavy (non-hydrogen) atoms. The highest BCUT2D eigenvalue weighted by Crippen LogP contribution is 2.21. The fourth-order valence-corrected chi connectivity index (χ4v) is 1.84. The summed E-state index contributed by atoms with van der Waals surface area (Å²) in [5.74, 6) is 0. The fourth-order valence-electron chi connectivity index (χ4n) is 1.84. The first kappa shape index (κ1) is 8.97. The van der Waals surface area contributed by atoms with Gasteiger partial charge in [-0.15, -0.1) is 0 Å². The number of aromatic amines is 1. The van der Waals surface area contributed by atoms with Crippen molar-refractivity contribution in [1.29, 1.82) is 0 Å². The van der Waals surface area contributed by atoms with E-state index in [0.717, 1.165) is 21.5 Å². The number of rotatable bonds is 1. The predicted octanol–water partition coefficient (Wildman–Crippen LogP) is 2.47. The molecule has 0 saturated carbocycles. The third-order valence-corrected chi connectivity index (χ3v) is 2.63. The SMILES string of the molecule is [O-][n+]1cccc2[nH]c(-c3ccccc3)cc21. The van der Waals surface area contributed by atoms with Crippen molar-refractivity contribution in [3.63, 3.8) is 0 Å². The number of pyridine rings is 1. The van der Waals surface area contributed by atoms with Gasteiger partial charge in [-0.05, 0) is 11.6 Å². The molecule has 2 heterocycles. The van der Waals surface area contributed by atoms with Crippen molar-refractivity contribution in [1.82, 2.24) is 4.98 Å². The normalized spacial score (nSPS) is 10.8. The second-order valence-corrected chi connectivity index (χ2v) is 3.68. The fraction of sp³-hybridized carbons (Fsp3) is 0. The lowest BCUT2D eigenvalue weighted by molar-refractivity contribution is -0.576. The van der Waals surface area contributed by atoms with Gasteiger partial charge in [0.1, 0.15) is 5.52 Å². The highest BCUT2D eigenvalue weighted by molar-refractivity contribution is 5.80. The molecule has 2 aromatic heterocycles. The van der Waals surface area contributed by atoms with E-state index in [1.807, 2.05) is 42.5 Å². The molecule has 3 aromatic rings. The van der Waals surface area contributed by atoms with E-state index in [9.17, 15) is 5.21 Å². The van der Waals surface area contributed by atoms with Gasteiger partial charge in [0.2, 0.25) is 5.52 Å². The summed E-state index contributed by atoms with van der Waals surface area (Å²) in [6.07, 6.45) is 1.50. The Morgan fingerprint density at radius 2 is 1.81 bits per heavy atom. The van der Waals surface area contributed by atoms with Gasteiger partial charge in [0.05, 0.1) is 5.69 Å². The quantitative estimate of drug-likeness (QED) is 0.486. The number of H-pyrrole nitrogens is 1. The molecular formula is C13H10N2O. The Balaban J connectivity index is 2.23. The van der Waals surface area contributed by atoms with Crippen molar-refractivity contribution in [2.45, 2.75) is 0 Å². The minimum absolute atomic E-state index is 0.668. The van der Waals surface area contributed by atoms with Gasteiger partial charge in [0, 0.05) is 12.1 Å². The summed E-state index contributed by atoms with van der Waals surface area (Å²) in [5.41, 5.74) is 3.57. The van der Waals surface area contributed by atoms with Crippen LogP contribution in [0.5, 0.6) is 0 Å². The summed E-state index contributed by atoms with van der Waals surface area (Å²) < 4.78 is 0.873. The molecule has 1 N–H and O–H groups in total. The van der Waals surface area contributed by atoms with Crippen LogP contribution in [0.25, 0.3) is 22.3 Å². The second-order valence-electron chi connectivity index (χ2n) is 3.68.